The molecule has 0 saturated carbocycles. The molecule has 29 heavy (non-hydrogen) atoms. The van der Waals surface area contributed by atoms with E-state index in [4.69, 9.17) is 9.47 Å². The first-order chi connectivity index (χ1) is 13.8. The summed E-state index contributed by atoms with van der Waals surface area (Å²) in [5.41, 5.74) is 1.16. The fraction of sp³-hybridized carbons (Fsp3) is 0.458. The standard InChI is InChI=1S/C24H31NO4/c1-18-10-12-20(13-11-18)19(2)25-15-14-24(29-22(25)26,16-23(3,27)17-28-4)21-8-6-5-7-9-21/h5-13,19,27H,14-17H2,1-4H3/t19-,23?,24-/m0/s1. The van der Waals surface area contributed by atoms with E-state index in [2.05, 4.69) is 24.3 Å². The van der Waals surface area contributed by atoms with Gasteiger partial charge in [0, 0.05) is 26.5 Å². The molecule has 2 aromatic carbocycles. The third-order valence-electron chi connectivity index (χ3n) is 5.72. The topological polar surface area (TPSA) is 59.0 Å². The number of hydrogen-bond acceptors (Lipinski definition) is 4. The second-order valence-corrected chi connectivity index (χ2v) is 8.37. The van der Waals surface area contributed by atoms with Crippen molar-refractivity contribution in [2.24, 2.45) is 0 Å². The van der Waals surface area contributed by atoms with Crippen LogP contribution >= 0.6 is 0 Å². The number of hydrogen-bond donors (Lipinski definition) is 1. The summed E-state index contributed by atoms with van der Waals surface area (Å²) >= 11 is 0. The number of ether oxygens (including phenoxy) is 2. The van der Waals surface area contributed by atoms with Gasteiger partial charge in [-0.25, -0.2) is 4.79 Å². The van der Waals surface area contributed by atoms with E-state index >= 15 is 0 Å². The van der Waals surface area contributed by atoms with E-state index in [0.29, 0.717) is 13.0 Å². The monoisotopic (exact) mass is 397 g/mol. The van der Waals surface area contributed by atoms with Crippen molar-refractivity contribution in [2.75, 3.05) is 20.3 Å². The number of aliphatic hydroxyl groups is 1. The van der Waals surface area contributed by atoms with Crippen LogP contribution in [0, 0.1) is 6.92 Å². The van der Waals surface area contributed by atoms with Crippen molar-refractivity contribution >= 4 is 6.09 Å². The smallest absolute Gasteiger partial charge is 0.411 e. The lowest BCUT2D eigenvalue weighted by Crippen LogP contribution is -2.52. The first-order valence-electron chi connectivity index (χ1n) is 10.1. The highest BCUT2D eigenvalue weighted by Gasteiger charge is 2.47. The molecule has 1 N–H and O–H groups in total. The first kappa shape index (κ1) is 21.3. The van der Waals surface area contributed by atoms with Gasteiger partial charge in [0.2, 0.25) is 0 Å². The molecule has 0 aliphatic carbocycles. The quantitative estimate of drug-likeness (QED) is 0.743. The largest absolute Gasteiger partial charge is 0.438 e. The molecule has 0 spiro atoms. The minimum Gasteiger partial charge on any atom is -0.438 e. The minimum absolute atomic E-state index is 0.0867. The molecule has 1 aliphatic rings. The van der Waals surface area contributed by atoms with Crippen LogP contribution in [-0.2, 0) is 15.1 Å². The van der Waals surface area contributed by atoms with Gasteiger partial charge in [-0.3, -0.25) is 0 Å². The number of carbonyl (C=O) groups is 1. The Hall–Kier alpha value is -2.37. The van der Waals surface area contributed by atoms with Crippen molar-refractivity contribution in [3.8, 4) is 0 Å². The van der Waals surface area contributed by atoms with Crippen molar-refractivity contribution in [3.63, 3.8) is 0 Å². The van der Waals surface area contributed by atoms with Crippen molar-refractivity contribution in [3.05, 3.63) is 71.3 Å². The summed E-state index contributed by atoms with van der Waals surface area (Å²) in [5.74, 6) is 0. The van der Waals surface area contributed by atoms with Crippen LogP contribution in [0.1, 0.15) is 49.4 Å². The van der Waals surface area contributed by atoms with Gasteiger partial charge in [0.15, 0.2) is 0 Å². The second kappa shape index (κ2) is 8.56. The van der Waals surface area contributed by atoms with Gasteiger partial charge >= 0.3 is 6.09 Å². The molecule has 2 aromatic rings. The van der Waals surface area contributed by atoms with E-state index in [1.807, 2.05) is 44.2 Å². The fourth-order valence-electron chi connectivity index (χ4n) is 4.19. The van der Waals surface area contributed by atoms with Crippen LogP contribution < -0.4 is 0 Å². The molecule has 0 bridgehead atoms. The molecule has 156 valence electrons. The highest BCUT2D eigenvalue weighted by molar-refractivity contribution is 5.70. The second-order valence-electron chi connectivity index (χ2n) is 8.37. The number of amides is 1. The molecule has 0 aromatic heterocycles. The van der Waals surface area contributed by atoms with Gasteiger partial charge < -0.3 is 19.5 Å². The van der Waals surface area contributed by atoms with Crippen LogP contribution in [0.5, 0.6) is 0 Å². The summed E-state index contributed by atoms with van der Waals surface area (Å²) < 4.78 is 11.3. The van der Waals surface area contributed by atoms with Crippen molar-refractivity contribution in [1.82, 2.24) is 4.90 Å². The number of rotatable bonds is 7. The van der Waals surface area contributed by atoms with Crippen LogP contribution in [0.3, 0.4) is 0 Å². The lowest BCUT2D eigenvalue weighted by molar-refractivity contribution is -0.121. The molecule has 1 heterocycles. The highest BCUT2D eigenvalue weighted by atomic mass is 16.6. The lowest BCUT2D eigenvalue weighted by atomic mass is 9.79. The summed E-state index contributed by atoms with van der Waals surface area (Å²) in [5, 5.41) is 10.8. The van der Waals surface area contributed by atoms with Crippen LogP contribution in [0.4, 0.5) is 4.79 Å². The molecule has 3 rings (SSSR count). The maximum Gasteiger partial charge on any atom is 0.411 e. The molecular weight excluding hydrogens is 366 g/mol. The number of aryl methyl sites for hydroxylation is 1. The zero-order valence-electron chi connectivity index (χ0n) is 17.7. The Morgan fingerprint density at radius 2 is 1.86 bits per heavy atom. The average molecular weight is 398 g/mol. The summed E-state index contributed by atoms with van der Waals surface area (Å²) in [7, 11) is 1.56. The summed E-state index contributed by atoms with van der Waals surface area (Å²) in [6.07, 6.45) is 0.510. The Morgan fingerprint density at radius 3 is 2.45 bits per heavy atom. The molecular formula is C24H31NO4. The van der Waals surface area contributed by atoms with Crippen LogP contribution in [0.25, 0.3) is 0 Å². The number of nitrogens with zero attached hydrogens (tertiary/aromatic N) is 1. The molecule has 5 heteroatoms. The van der Waals surface area contributed by atoms with Gasteiger partial charge in [-0.15, -0.1) is 0 Å². The van der Waals surface area contributed by atoms with Crippen LogP contribution in [0.2, 0.25) is 0 Å². The van der Waals surface area contributed by atoms with Gasteiger partial charge in [-0.2, -0.15) is 0 Å². The molecule has 5 nitrogen and oxygen atoms in total. The summed E-state index contributed by atoms with van der Waals surface area (Å²) in [4.78, 5) is 14.9. The molecule has 0 radical (unpaired) electrons. The van der Waals surface area contributed by atoms with E-state index in [9.17, 15) is 9.90 Å². The van der Waals surface area contributed by atoms with Crippen LogP contribution in [0.15, 0.2) is 54.6 Å². The zero-order valence-corrected chi connectivity index (χ0v) is 17.7. The summed E-state index contributed by atoms with van der Waals surface area (Å²) in [6, 6.07) is 17.8. The Bertz CT molecular complexity index is 819. The van der Waals surface area contributed by atoms with Gasteiger partial charge in [0.05, 0.1) is 18.2 Å². The SMILES string of the molecule is COCC(C)(O)C[C@]1(c2ccccc2)CCN([C@@H](C)c2ccc(C)cc2)C(=O)O1. The third kappa shape index (κ3) is 4.80. The van der Waals surface area contributed by atoms with Crippen molar-refractivity contribution in [1.29, 1.82) is 0 Å². The van der Waals surface area contributed by atoms with E-state index in [1.54, 1.807) is 18.9 Å². The van der Waals surface area contributed by atoms with Gasteiger partial charge in [0.25, 0.3) is 0 Å². The van der Waals surface area contributed by atoms with Crippen molar-refractivity contribution < 1.29 is 19.4 Å². The van der Waals surface area contributed by atoms with Gasteiger partial charge in [-0.05, 0) is 31.9 Å². The number of benzene rings is 2. The predicted octanol–water partition coefficient (Wildman–Crippen LogP) is 4.58. The van der Waals surface area contributed by atoms with Gasteiger partial charge in [-0.1, -0.05) is 60.2 Å². The lowest BCUT2D eigenvalue weighted by Gasteiger charge is -2.46. The molecule has 1 amide bonds. The Balaban J connectivity index is 1.86. The Morgan fingerprint density at radius 1 is 1.21 bits per heavy atom. The van der Waals surface area contributed by atoms with Crippen LogP contribution in [-0.4, -0.2) is 42.0 Å². The minimum atomic E-state index is -1.12. The van der Waals surface area contributed by atoms with E-state index in [1.165, 1.54) is 5.56 Å². The molecule has 3 atom stereocenters. The van der Waals surface area contributed by atoms with E-state index in [-0.39, 0.29) is 25.2 Å². The fourth-order valence-corrected chi connectivity index (χ4v) is 4.19. The average Bonchev–Trinajstić information content (AvgIpc) is 2.68. The number of cyclic esters (lactones) is 1. The predicted molar refractivity (Wildman–Crippen MR) is 113 cm³/mol. The third-order valence-corrected chi connectivity index (χ3v) is 5.72. The summed E-state index contributed by atoms with van der Waals surface area (Å²) in [6.45, 7) is 6.50. The molecule has 1 aliphatic heterocycles. The first-order valence-corrected chi connectivity index (χ1v) is 10.1. The molecule has 1 fully saturated rings. The normalized spacial score (nSPS) is 22.7. The Labute approximate surface area is 173 Å². The molecule has 1 unspecified atom stereocenters. The van der Waals surface area contributed by atoms with E-state index in [0.717, 1.165) is 11.1 Å². The molecule has 1 saturated heterocycles. The highest BCUT2D eigenvalue weighted by Crippen LogP contribution is 2.42. The maximum atomic E-state index is 13.1. The van der Waals surface area contributed by atoms with Crippen molar-refractivity contribution in [2.45, 2.75) is 50.9 Å². The Kier molecular flexibility index (Phi) is 6.30. The number of methoxy groups -OCH3 is 1. The number of carbonyl (C=O) groups excluding carboxylic acids is 1. The maximum absolute atomic E-state index is 13.1. The van der Waals surface area contributed by atoms with E-state index < -0.39 is 11.2 Å². The zero-order chi connectivity index (χ0) is 21.1. The van der Waals surface area contributed by atoms with Gasteiger partial charge in [0.1, 0.15) is 5.60 Å².